The lowest BCUT2D eigenvalue weighted by atomic mass is 10.3. The molecule has 0 rings (SSSR count). The van der Waals surface area contributed by atoms with Crippen LogP contribution < -0.4 is 5.32 Å². The van der Waals surface area contributed by atoms with E-state index in [1.807, 2.05) is 13.1 Å². The Bertz CT molecular complexity index is 89.1. The molecule has 0 aliphatic rings. The molecule has 0 fully saturated rings. The first kappa shape index (κ1) is 8.48. The van der Waals surface area contributed by atoms with Crippen molar-refractivity contribution in [3.8, 4) is 0 Å². The van der Waals surface area contributed by atoms with E-state index in [0.29, 0.717) is 0 Å². The zero-order chi connectivity index (χ0) is 6.95. The highest BCUT2D eigenvalue weighted by Gasteiger charge is 1.68. The van der Waals surface area contributed by atoms with Crippen molar-refractivity contribution in [1.29, 1.82) is 0 Å². The topological polar surface area (TPSA) is 12.0 Å². The molecule has 0 amide bonds. The predicted octanol–water partition coefficient (Wildman–Crippen LogP) is 1.72. The number of nitrogens with one attached hydrogen (secondary N) is 1. The van der Waals surface area contributed by atoms with Gasteiger partial charge in [0.25, 0.3) is 0 Å². The lowest BCUT2D eigenvalue weighted by Crippen LogP contribution is -2.03. The summed E-state index contributed by atoms with van der Waals surface area (Å²) in [7, 11) is 1.93. The Hall–Kier alpha value is -0.520. The molecular weight excluding hydrogens is 110 g/mol. The summed E-state index contributed by atoms with van der Waals surface area (Å²) >= 11 is 0. The van der Waals surface area contributed by atoms with Gasteiger partial charge in [0, 0.05) is 6.54 Å². The second kappa shape index (κ2) is 7.48. The molecule has 0 atom stereocenters. The van der Waals surface area contributed by atoms with E-state index in [1.54, 1.807) is 0 Å². The van der Waals surface area contributed by atoms with E-state index in [9.17, 15) is 0 Å². The largest absolute Gasteiger partial charge is 0.316 e. The molecule has 0 aromatic rings. The van der Waals surface area contributed by atoms with Crippen molar-refractivity contribution in [2.75, 3.05) is 13.6 Å². The fourth-order valence-electron chi connectivity index (χ4n) is 0.472. The molecule has 0 aromatic heterocycles. The molecule has 1 nitrogen and oxygen atoms in total. The van der Waals surface area contributed by atoms with Gasteiger partial charge in [0.1, 0.15) is 0 Å². The Morgan fingerprint density at radius 3 is 2.78 bits per heavy atom. The van der Waals surface area contributed by atoms with E-state index in [4.69, 9.17) is 0 Å². The zero-order valence-electron chi connectivity index (χ0n) is 6.28. The van der Waals surface area contributed by atoms with Crippen LogP contribution in [-0.2, 0) is 0 Å². The van der Waals surface area contributed by atoms with Crippen LogP contribution in [0.5, 0.6) is 0 Å². The SMILES string of the molecule is CCCC=C=CCNC. The minimum Gasteiger partial charge on any atom is -0.316 e. The maximum atomic E-state index is 3.07. The fourth-order valence-corrected chi connectivity index (χ4v) is 0.472. The van der Waals surface area contributed by atoms with Crippen LogP contribution in [0.25, 0.3) is 0 Å². The highest BCUT2D eigenvalue weighted by atomic mass is 14.8. The third-order valence-electron chi connectivity index (χ3n) is 0.975. The molecule has 0 aromatic carbocycles. The van der Waals surface area contributed by atoms with Crippen molar-refractivity contribution in [3.05, 3.63) is 17.9 Å². The second-order valence-corrected chi connectivity index (χ2v) is 1.92. The summed E-state index contributed by atoms with van der Waals surface area (Å²) in [6, 6.07) is 0. The van der Waals surface area contributed by atoms with Crippen LogP contribution in [0.1, 0.15) is 19.8 Å². The number of hydrogen-bond acceptors (Lipinski definition) is 1. The van der Waals surface area contributed by atoms with E-state index >= 15 is 0 Å². The van der Waals surface area contributed by atoms with Gasteiger partial charge in [-0.2, -0.15) is 0 Å². The molecule has 0 saturated heterocycles. The van der Waals surface area contributed by atoms with Crippen LogP contribution >= 0.6 is 0 Å². The molecule has 0 heterocycles. The van der Waals surface area contributed by atoms with Crippen LogP contribution in [0, 0.1) is 0 Å². The standard InChI is InChI=1S/C8H15N/c1-3-4-5-6-7-8-9-2/h5,7,9H,3-4,8H2,1-2H3. The van der Waals surface area contributed by atoms with Crippen LogP contribution in [0.15, 0.2) is 17.9 Å². The maximum Gasteiger partial charge on any atom is 0.0206 e. The predicted molar refractivity (Wildman–Crippen MR) is 41.5 cm³/mol. The number of rotatable bonds is 4. The first-order valence-electron chi connectivity index (χ1n) is 3.45. The minimum absolute atomic E-state index is 0.917. The third kappa shape index (κ3) is 7.48. The Balaban J connectivity index is 3.18. The Morgan fingerprint density at radius 1 is 1.44 bits per heavy atom. The van der Waals surface area contributed by atoms with Crippen LogP contribution in [-0.4, -0.2) is 13.6 Å². The fraction of sp³-hybridized carbons (Fsp3) is 0.625. The average Bonchev–Trinajstić information content (AvgIpc) is 1.89. The van der Waals surface area contributed by atoms with Gasteiger partial charge in [0.15, 0.2) is 0 Å². The summed E-state index contributed by atoms with van der Waals surface area (Å²) in [5.74, 6) is 0. The van der Waals surface area contributed by atoms with E-state index in [-0.39, 0.29) is 0 Å². The molecule has 1 heteroatoms. The highest BCUT2D eigenvalue weighted by molar-refractivity contribution is 4.85. The van der Waals surface area contributed by atoms with Crippen molar-refractivity contribution in [2.24, 2.45) is 0 Å². The molecule has 0 aliphatic heterocycles. The smallest absolute Gasteiger partial charge is 0.0206 e. The second-order valence-electron chi connectivity index (χ2n) is 1.92. The van der Waals surface area contributed by atoms with Gasteiger partial charge in [-0.25, -0.2) is 0 Å². The quantitative estimate of drug-likeness (QED) is 0.564. The van der Waals surface area contributed by atoms with Gasteiger partial charge < -0.3 is 5.32 Å². The lowest BCUT2D eigenvalue weighted by molar-refractivity contribution is 0.918. The number of likely N-dealkylation sites (N-methyl/N-ethyl adjacent to an activating group) is 1. The van der Waals surface area contributed by atoms with Crippen molar-refractivity contribution >= 4 is 0 Å². The normalized spacial score (nSPS) is 8.22. The van der Waals surface area contributed by atoms with Crippen LogP contribution in [0.4, 0.5) is 0 Å². The molecule has 0 radical (unpaired) electrons. The first-order chi connectivity index (χ1) is 4.41. The molecule has 52 valence electrons. The molecule has 0 saturated carbocycles. The van der Waals surface area contributed by atoms with Crippen molar-refractivity contribution < 1.29 is 0 Å². The number of unbranched alkanes of at least 4 members (excludes halogenated alkanes) is 1. The minimum atomic E-state index is 0.917. The van der Waals surface area contributed by atoms with Gasteiger partial charge in [0.05, 0.1) is 0 Å². The summed E-state index contributed by atoms with van der Waals surface area (Å²) < 4.78 is 0. The van der Waals surface area contributed by atoms with E-state index in [0.717, 1.165) is 13.0 Å². The molecule has 0 aliphatic carbocycles. The molecule has 0 bridgehead atoms. The Morgan fingerprint density at radius 2 is 2.22 bits per heavy atom. The third-order valence-corrected chi connectivity index (χ3v) is 0.975. The van der Waals surface area contributed by atoms with E-state index < -0.39 is 0 Å². The van der Waals surface area contributed by atoms with E-state index in [1.165, 1.54) is 6.42 Å². The van der Waals surface area contributed by atoms with Gasteiger partial charge in [-0.05, 0) is 25.6 Å². The van der Waals surface area contributed by atoms with Crippen LogP contribution in [0.3, 0.4) is 0 Å². The van der Waals surface area contributed by atoms with Crippen LogP contribution in [0.2, 0.25) is 0 Å². The van der Waals surface area contributed by atoms with Gasteiger partial charge in [-0.3, -0.25) is 0 Å². The Kier molecular flexibility index (Phi) is 7.05. The lowest BCUT2D eigenvalue weighted by Gasteiger charge is -1.82. The maximum absolute atomic E-state index is 3.07. The number of hydrogen-bond donors (Lipinski definition) is 1. The summed E-state index contributed by atoms with van der Waals surface area (Å²) in [5.41, 5.74) is 3.07. The van der Waals surface area contributed by atoms with E-state index in [2.05, 4.69) is 24.0 Å². The summed E-state index contributed by atoms with van der Waals surface area (Å²) in [6.07, 6.45) is 6.41. The molecule has 1 N–H and O–H groups in total. The summed E-state index contributed by atoms with van der Waals surface area (Å²) in [5, 5.41) is 3.01. The Labute approximate surface area is 57.5 Å². The first-order valence-corrected chi connectivity index (χ1v) is 3.45. The van der Waals surface area contributed by atoms with Crippen molar-refractivity contribution in [2.45, 2.75) is 19.8 Å². The molecular formula is C8H15N. The molecule has 9 heavy (non-hydrogen) atoms. The summed E-state index contributed by atoms with van der Waals surface area (Å²) in [4.78, 5) is 0. The monoisotopic (exact) mass is 125 g/mol. The van der Waals surface area contributed by atoms with Gasteiger partial charge in [-0.1, -0.05) is 13.3 Å². The van der Waals surface area contributed by atoms with Gasteiger partial charge >= 0.3 is 0 Å². The summed E-state index contributed by atoms with van der Waals surface area (Å²) in [6.45, 7) is 3.08. The average molecular weight is 125 g/mol. The van der Waals surface area contributed by atoms with Gasteiger partial charge in [0.2, 0.25) is 0 Å². The van der Waals surface area contributed by atoms with Gasteiger partial charge in [-0.15, -0.1) is 5.73 Å². The molecule has 0 spiro atoms. The van der Waals surface area contributed by atoms with Crippen molar-refractivity contribution in [3.63, 3.8) is 0 Å². The molecule has 0 unspecified atom stereocenters. The zero-order valence-corrected chi connectivity index (χ0v) is 6.28. The van der Waals surface area contributed by atoms with Crippen molar-refractivity contribution in [1.82, 2.24) is 5.32 Å². The highest BCUT2D eigenvalue weighted by Crippen LogP contribution is 1.84.